The van der Waals surface area contributed by atoms with E-state index in [1.54, 1.807) is 29.5 Å². The first kappa shape index (κ1) is 18.3. The molecule has 1 amide bonds. The Morgan fingerprint density at radius 1 is 1.24 bits per heavy atom. The summed E-state index contributed by atoms with van der Waals surface area (Å²) < 4.78 is 14.5. The Balaban J connectivity index is 1.50. The number of hydrogen-bond acceptors (Lipinski definition) is 2. The zero-order valence-corrected chi connectivity index (χ0v) is 15.7. The Kier molecular flexibility index (Phi) is 6.06. The molecule has 0 radical (unpaired) electrons. The molecule has 1 aliphatic heterocycles. The van der Waals surface area contributed by atoms with Crippen LogP contribution in [0.5, 0.6) is 0 Å². The van der Waals surface area contributed by atoms with Gasteiger partial charge in [0.15, 0.2) is 6.04 Å². The van der Waals surface area contributed by atoms with Gasteiger partial charge in [-0.05, 0) is 31.2 Å². The second-order valence-electron chi connectivity index (χ2n) is 6.48. The number of quaternary nitrogens is 2. The maximum Gasteiger partial charge on any atom is 0.282 e. The molecule has 1 aromatic carbocycles. The summed E-state index contributed by atoms with van der Waals surface area (Å²) in [5.74, 6) is -0.532. The van der Waals surface area contributed by atoms with E-state index in [9.17, 15) is 9.18 Å². The first-order valence-corrected chi connectivity index (χ1v) is 9.70. The lowest BCUT2D eigenvalue weighted by atomic mass is 10.2. The van der Waals surface area contributed by atoms with Crippen molar-refractivity contribution < 1.29 is 19.0 Å². The number of hydrogen-bond donors (Lipinski definition) is 3. The molecule has 3 rings (SSSR count). The quantitative estimate of drug-likeness (QED) is 0.703. The number of carbonyl (C=O) groups excluding carboxylic acids is 1. The number of thiophene rings is 1. The van der Waals surface area contributed by atoms with Gasteiger partial charge in [0.05, 0.1) is 14.9 Å². The van der Waals surface area contributed by atoms with E-state index in [1.807, 2.05) is 13.0 Å². The van der Waals surface area contributed by atoms with Crippen molar-refractivity contribution in [3.8, 4) is 0 Å². The van der Waals surface area contributed by atoms with Crippen LogP contribution in [0.3, 0.4) is 0 Å². The number of halogens is 2. The first-order valence-electron chi connectivity index (χ1n) is 8.50. The number of para-hydroxylation sites is 1. The van der Waals surface area contributed by atoms with Gasteiger partial charge in [-0.25, -0.2) is 4.39 Å². The molecule has 0 aliphatic carbocycles. The highest BCUT2D eigenvalue weighted by molar-refractivity contribution is 7.16. The third-order valence-electron chi connectivity index (χ3n) is 4.79. The predicted octanol–water partition coefficient (Wildman–Crippen LogP) is 0.851. The van der Waals surface area contributed by atoms with E-state index >= 15 is 0 Å². The van der Waals surface area contributed by atoms with Gasteiger partial charge in [-0.1, -0.05) is 23.7 Å². The lowest BCUT2D eigenvalue weighted by Gasteiger charge is -2.32. The van der Waals surface area contributed by atoms with Crippen LogP contribution in [-0.4, -0.2) is 38.1 Å². The maximum atomic E-state index is 13.7. The molecule has 0 unspecified atom stereocenters. The van der Waals surface area contributed by atoms with Crippen LogP contribution in [0.2, 0.25) is 4.34 Å². The highest BCUT2D eigenvalue weighted by atomic mass is 35.5. The van der Waals surface area contributed by atoms with Gasteiger partial charge in [-0.2, -0.15) is 0 Å². The number of amides is 1. The van der Waals surface area contributed by atoms with Crippen LogP contribution in [-0.2, 0) is 11.3 Å². The SMILES string of the molecule is C[C@H](C(=O)Nc1ccccc1F)[NH+]1CC[NH+](Cc2ccc(Cl)s2)CC1. The highest BCUT2D eigenvalue weighted by Gasteiger charge is 2.31. The molecule has 1 atom stereocenters. The fraction of sp³-hybridized carbons (Fsp3) is 0.389. The minimum atomic E-state index is -0.401. The Morgan fingerprint density at radius 3 is 2.60 bits per heavy atom. The maximum absolute atomic E-state index is 13.7. The van der Waals surface area contributed by atoms with Crippen LogP contribution < -0.4 is 15.1 Å². The van der Waals surface area contributed by atoms with Crippen LogP contribution in [0, 0.1) is 5.82 Å². The van der Waals surface area contributed by atoms with Gasteiger partial charge in [-0.3, -0.25) is 4.79 Å². The molecule has 0 bridgehead atoms. The largest absolute Gasteiger partial charge is 0.321 e. The summed E-state index contributed by atoms with van der Waals surface area (Å²) in [5, 5.41) is 2.71. The van der Waals surface area contributed by atoms with Crippen LogP contribution >= 0.6 is 22.9 Å². The molecule has 1 aliphatic rings. The second kappa shape index (κ2) is 8.27. The Bertz CT molecular complexity index is 731. The Hall–Kier alpha value is -1.47. The van der Waals surface area contributed by atoms with Crippen molar-refractivity contribution in [1.82, 2.24) is 0 Å². The molecule has 2 aromatic rings. The first-order chi connectivity index (χ1) is 12.0. The summed E-state index contributed by atoms with van der Waals surface area (Å²) in [5.41, 5.74) is 0.248. The monoisotopic (exact) mass is 383 g/mol. The van der Waals surface area contributed by atoms with E-state index in [2.05, 4.69) is 11.4 Å². The van der Waals surface area contributed by atoms with E-state index in [-0.39, 0.29) is 17.6 Å². The molecule has 25 heavy (non-hydrogen) atoms. The van der Waals surface area contributed by atoms with E-state index in [1.165, 1.54) is 20.7 Å². The van der Waals surface area contributed by atoms with Crippen molar-refractivity contribution in [3.05, 3.63) is 51.4 Å². The number of rotatable bonds is 5. The summed E-state index contributed by atoms with van der Waals surface area (Å²) >= 11 is 7.62. The van der Waals surface area contributed by atoms with Gasteiger partial charge in [0.25, 0.3) is 5.91 Å². The van der Waals surface area contributed by atoms with Crippen molar-refractivity contribution in [3.63, 3.8) is 0 Å². The van der Waals surface area contributed by atoms with Gasteiger partial charge >= 0.3 is 0 Å². The molecular formula is C18H23ClFN3OS+2. The average molecular weight is 384 g/mol. The molecular weight excluding hydrogens is 361 g/mol. The normalized spacial score (nSPS) is 21.7. The van der Waals surface area contributed by atoms with Crippen molar-refractivity contribution in [1.29, 1.82) is 0 Å². The van der Waals surface area contributed by atoms with Crippen LogP contribution in [0.25, 0.3) is 0 Å². The van der Waals surface area contributed by atoms with E-state index in [0.29, 0.717) is 0 Å². The second-order valence-corrected chi connectivity index (χ2v) is 8.28. The Morgan fingerprint density at radius 2 is 1.96 bits per heavy atom. The fourth-order valence-electron chi connectivity index (χ4n) is 3.22. The van der Waals surface area contributed by atoms with Gasteiger partial charge in [0, 0.05) is 0 Å². The van der Waals surface area contributed by atoms with Crippen LogP contribution in [0.1, 0.15) is 11.8 Å². The number of carbonyl (C=O) groups is 1. The fourth-order valence-corrected chi connectivity index (χ4v) is 4.38. The van der Waals surface area contributed by atoms with Gasteiger partial charge in [0.1, 0.15) is 38.5 Å². The van der Waals surface area contributed by atoms with Crippen LogP contribution in [0.15, 0.2) is 36.4 Å². The summed E-state index contributed by atoms with van der Waals surface area (Å²) in [6, 6.07) is 10.1. The van der Waals surface area contributed by atoms with E-state index in [4.69, 9.17) is 11.6 Å². The molecule has 1 fully saturated rings. The molecule has 1 saturated heterocycles. The molecule has 0 spiro atoms. The third-order valence-corrected chi connectivity index (χ3v) is 6.02. The minimum absolute atomic E-state index is 0.131. The molecule has 134 valence electrons. The smallest absolute Gasteiger partial charge is 0.282 e. The minimum Gasteiger partial charge on any atom is -0.321 e. The van der Waals surface area contributed by atoms with Crippen molar-refractivity contribution in [2.75, 3.05) is 31.5 Å². The molecule has 4 nitrogen and oxygen atoms in total. The summed E-state index contributed by atoms with van der Waals surface area (Å²) in [6.45, 7) is 6.79. The summed E-state index contributed by atoms with van der Waals surface area (Å²) in [6.07, 6.45) is 0. The van der Waals surface area contributed by atoms with Crippen molar-refractivity contribution >= 4 is 34.5 Å². The molecule has 1 aromatic heterocycles. The van der Waals surface area contributed by atoms with Crippen molar-refractivity contribution in [2.24, 2.45) is 0 Å². The van der Waals surface area contributed by atoms with E-state index < -0.39 is 5.82 Å². The molecule has 2 heterocycles. The lowest BCUT2D eigenvalue weighted by Crippen LogP contribution is -3.29. The Labute approximate surface area is 156 Å². The zero-order chi connectivity index (χ0) is 17.8. The topological polar surface area (TPSA) is 38.0 Å². The third kappa shape index (κ3) is 4.79. The summed E-state index contributed by atoms with van der Waals surface area (Å²) in [4.78, 5) is 16.5. The van der Waals surface area contributed by atoms with Gasteiger partial charge < -0.3 is 15.1 Å². The number of piperazine rings is 1. The lowest BCUT2D eigenvalue weighted by molar-refractivity contribution is -1.02. The standard InChI is InChI=1S/C18H21ClFN3OS/c1-13(18(24)21-16-5-3-2-4-15(16)20)23-10-8-22(9-11-23)12-14-6-7-17(19)25-14/h2-7,13H,8-12H2,1H3,(H,21,24)/p+2/t13-/m1/s1. The molecule has 7 heteroatoms. The van der Waals surface area contributed by atoms with Crippen LogP contribution in [0.4, 0.5) is 10.1 Å². The number of nitrogens with one attached hydrogen (secondary N) is 3. The number of benzene rings is 1. The zero-order valence-electron chi connectivity index (χ0n) is 14.1. The predicted molar refractivity (Wildman–Crippen MR) is 98.9 cm³/mol. The van der Waals surface area contributed by atoms with Gasteiger partial charge in [-0.15, -0.1) is 11.3 Å². The summed E-state index contributed by atoms with van der Waals surface area (Å²) in [7, 11) is 0. The molecule has 3 N–H and O–H groups in total. The van der Waals surface area contributed by atoms with E-state index in [0.717, 1.165) is 37.1 Å². The average Bonchev–Trinajstić information content (AvgIpc) is 3.02. The highest BCUT2D eigenvalue weighted by Crippen LogP contribution is 2.20. The van der Waals surface area contributed by atoms with Gasteiger partial charge in [0.2, 0.25) is 0 Å². The molecule has 0 saturated carbocycles. The van der Waals surface area contributed by atoms with Crippen molar-refractivity contribution in [2.45, 2.75) is 19.5 Å². The number of anilines is 1.